The molecule has 7 nitrogen and oxygen atoms in total. The predicted octanol–water partition coefficient (Wildman–Crippen LogP) is 3.99. The van der Waals surface area contributed by atoms with Crippen molar-refractivity contribution in [2.75, 3.05) is 14.2 Å². The van der Waals surface area contributed by atoms with Crippen molar-refractivity contribution in [2.45, 2.75) is 0 Å². The molecule has 0 unspecified atom stereocenters. The lowest BCUT2D eigenvalue weighted by molar-refractivity contribution is -0.384. The number of carbonyl (C=O) groups excluding carboxylic acids is 1. The Morgan fingerprint density at radius 2 is 1.92 bits per heavy atom. The number of Topliss-reactive ketones (excluding diaryl/α,β-unsaturated/α-hetero) is 1. The smallest absolute Gasteiger partial charge is 0.270 e. The zero-order valence-electron chi connectivity index (χ0n) is 13.2. The molecule has 0 radical (unpaired) electrons. The van der Waals surface area contributed by atoms with E-state index < -0.39 is 4.92 Å². The molecule has 0 fully saturated rings. The van der Waals surface area contributed by atoms with Gasteiger partial charge in [0.05, 0.1) is 19.1 Å². The van der Waals surface area contributed by atoms with Crippen LogP contribution in [0.4, 0.5) is 5.69 Å². The summed E-state index contributed by atoms with van der Waals surface area (Å²) in [7, 11) is 2.93. The van der Waals surface area contributed by atoms with Crippen molar-refractivity contribution in [3.63, 3.8) is 0 Å². The molecule has 2 aromatic carbocycles. The molecule has 0 amide bonds. The van der Waals surface area contributed by atoms with Gasteiger partial charge in [0, 0.05) is 18.2 Å². The standard InChI is InChI=1S/C17H12BrNO6/c1-23-11-8-12(24-2)15(18)17-14(11)16(20)13(25-17)7-9-4-3-5-10(6-9)19(21)22/h3-8H,1-2H3. The van der Waals surface area contributed by atoms with Gasteiger partial charge in [0.15, 0.2) is 11.5 Å². The minimum Gasteiger partial charge on any atom is -0.496 e. The Labute approximate surface area is 151 Å². The van der Waals surface area contributed by atoms with Crippen molar-refractivity contribution in [1.29, 1.82) is 0 Å². The zero-order valence-corrected chi connectivity index (χ0v) is 14.8. The van der Waals surface area contributed by atoms with Gasteiger partial charge in [0.1, 0.15) is 21.5 Å². The average molecular weight is 406 g/mol. The fourth-order valence-corrected chi connectivity index (χ4v) is 3.02. The molecule has 0 N–H and O–H groups in total. The zero-order chi connectivity index (χ0) is 18.1. The number of nitro groups is 1. The Bertz CT molecular complexity index is 922. The van der Waals surface area contributed by atoms with E-state index in [2.05, 4.69) is 15.9 Å². The first-order valence-electron chi connectivity index (χ1n) is 7.09. The molecule has 0 bridgehead atoms. The maximum absolute atomic E-state index is 12.7. The van der Waals surface area contributed by atoms with Gasteiger partial charge in [-0.05, 0) is 27.6 Å². The fraction of sp³-hybridized carbons (Fsp3) is 0.118. The van der Waals surface area contributed by atoms with Crippen LogP contribution in [0, 0.1) is 10.1 Å². The third-order valence-corrected chi connectivity index (χ3v) is 4.38. The summed E-state index contributed by atoms with van der Waals surface area (Å²) in [5.74, 6) is 0.741. The summed E-state index contributed by atoms with van der Waals surface area (Å²) >= 11 is 3.35. The maximum atomic E-state index is 12.7. The quantitative estimate of drug-likeness (QED) is 0.434. The number of benzene rings is 2. The number of fused-ring (bicyclic) bond motifs is 1. The van der Waals surface area contributed by atoms with E-state index in [4.69, 9.17) is 14.2 Å². The highest BCUT2D eigenvalue weighted by Gasteiger charge is 2.35. The van der Waals surface area contributed by atoms with Gasteiger partial charge in [-0.15, -0.1) is 0 Å². The van der Waals surface area contributed by atoms with Gasteiger partial charge in [-0.1, -0.05) is 12.1 Å². The SMILES string of the molecule is COc1cc(OC)c2c(c1Br)OC(=Cc1cccc([N+](=O)[O-])c1)C2=O. The first-order valence-corrected chi connectivity index (χ1v) is 7.88. The molecule has 0 aliphatic carbocycles. The molecule has 0 aromatic heterocycles. The molecule has 0 spiro atoms. The lowest BCUT2D eigenvalue weighted by atomic mass is 10.1. The molecule has 1 aliphatic rings. The molecule has 25 heavy (non-hydrogen) atoms. The molecule has 0 saturated carbocycles. The van der Waals surface area contributed by atoms with Gasteiger partial charge in [-0.25, -0.2) is 0 Å². The van der Waals surface area contributed by atoms with Gasteiger partial charge >= 0.3 is 0 Å². The van der Waals surface area contributed by atoms with Gasteiger partial charge in [-0.3, -0.25) is 14.9 Å². The Morgan fingerprint density at radius 3 is 2.56 bits per heavy atom. The number of methoxy groups -OCH3 is 2. The molecule has 128 valence electrons. The Kier molecular flexibility index (Phi) is 4.45. The molecule has 1 aliphatic heterocycles. The van der Waals surface area contributed by atoms with Crippen molar-refractivity contribution in [3.8, 4) is 17.2 Å². The molecule has 0 atom stereocenters. The number of nitrogens with zero attached hydrogens (tertiary/aromatic N) is 1. The van der Waals surface area contributed by atoms with Gasteiger partial charge < -0.3 is 14.2 Å². The Hall–Kier alpha value is -2.87. The topological polar surface area (TPSA) is 87.9 Å². The molecular formula is C17H12BrNO6. The van der Waals surface area contributed by atoms with Crippen molar-refractivity contribution < 1.29 is 23.9 Å². The predicted molar refractivity (Wildman–Crippen MR) is 93.3 cm³/mol. The highest BCUT2D eigenvalue weighted by molar-refractivity contribution is 9.10. The van der Waals surface area contributed by atoms with Crippen molar-refractivity contribution >= 4 is 33.5 Å². The summed E-state index contributed by atoms with van der Waals surface area (Å²) in [6.45, 7) is 0. The summed E-state index contributed by atoms with van der Waals surface area (Å²) in [6.07, 6.45) is 1.45. The highest BCUT2D eigenvalue weighted by atomic mass is 79.9. The first kappa shape index (κ1) is 17.0. The summed E-state index contributed by atoms with van der Waals surface area (Å²) in [5.41, 5.74) is 0.678. The van der Waals surface area contributed by atoms with Gasteiger partial charge in [0.25, 0.3) is 5.69 Å². The van der Waals surface area contributed by atoms with E-state index in [1.54, 1.807) is 12.1 Å². The number of hydrogen-bond donors (Lipinski definition) is 0. The van der Waals surface area contributed by atoms with Crippen molar-refractivity contribution in [1.82, 2.24) is 0 Å². The summed E-state index contributed by atoms with van der Waals surface area (Å²) in [6, 6.07) is 7.50. The number of carbonyl (C=O) groups is 1. The van der Waals surface area contributed by atoms with Crippen molar-refractivity contribution in [2.24, 2.45) is 0 Å². The van der Waals surface area contributed by atoms with Gasteiger partial charge in [-0.2, -0.15) is 0 Å². The third kappa shape index (κ3) is 2.96. The third-order valence-electron chi connectivity index (χ3n) is 3.63. The van der Waals surface area contributed by atoms with E-state index in [0.717, 1.165) is 0 Å². The van der Waals surface area contributed by atoms with Crippen LogP contribution in [0.25, 0.3) is 6.08 Å². The summed E-state index contributed by atoms with van der Waals surface area (Å²) in [4.78, 5) is 23.1. The van der Waals surface area contributed by atoms with Crippen LogP contribution in [0.1, 0.15) is 15.9 Å². The Balaban J connectivity index is 2.07. The minimum atomic E-state index is -0.501. The number of allylic oxidation sites excluding steroid dienone is 1. The van der Waals surface area contributed by atoms with E-state index in [-0.39, 0.29) is 28.5 Å². The number of ether oxygens (including phenoxy) is 3. The fourth-order valence-electron chi connectivity index (χ4n) is 2.46. The number of nitro benzene ring substituents is 1. The lowest BCUT2D eigenvalue weighted by Gasteiger charge is -2.10. The second kappa shape index (κ2) is 6.56. The van der Waals surface area contributed by atoms with Crippen LogP contribution in [0.2, 0.25) is 0 Å². The van der Waals surface area contributed by atoms with Gasteiger partial charge in [0.2, 0.25) is 5.78 Å². The van der Waals surface area contributed by atoms with Crippen LogP contribution in [-0.2, 0) is 0 Å². The molecule has 8 heteroatoms. The van der Waals surface area contributed by atoms with Crippen LogP contribution in [0.5, 0.6) is 17.2 Å². The normalized spacial score (nSPS) is 14.2. The van der Waals surface area contributed by atoms with E-state index in [0.29, 0.717) is 21.5 Å². The van der Waals surface area contributed by atoms with Crippen LogP contribution in [0.3, 0.4) is 0 Å². The summed E-state index contributed by atoms with van der Waals surface area (Å²) < 4.78 is 16.6. The van der Waals surface area contributed by atoms with E-state index in [9.17, 15) is 14.9 Å². The second-order valence-corrected chi connectivity index (χ2v) is 5.88. The van der Waals surface area contributed by atoms with Crippen LogP contribution < -0.4 is 14.2 Å². The van der Waals surface area contributed by atoms with E-state index >= 15 is 0 Å². The largest absolute Gasteiger partial charge is 0.496 e. The molecule has 2 aromatic rings. The molecule has 0 saturated heterocycles. The lowest BCUT2D eigenvalue weighted by Crippen LogP contribution is -2.00. The van der Waals surface area contributed by atoms with Crippen molar-refractivity contribution in [3.05, 3.63) is 61.8 Å². The monoisotopic (exact) mass is 405 g/mol. The van der Waals surface area contributed by atoms with E-state index in [1.165, 1.54) is 38.5 Å². The maximum Gasteiger partial charge on any atom is 0.270 e. The summed E-state index contributed by atoms with van der Waals surface area (Å²) in [5, 5.41) is 10.9. The van der Waals surface area contributed by atoms with Crippen LogP contribution in [0.15, 0.2) is 40.6 Å². The first-order chi connectivity index (χ1) is 12.0. The molecule has 1 heterocycles. The average Bonchev–Trinajstić information content (AvgIpc) is 2.93. The number of ketones is 1. The number of halogens is 1. The Morgan fingerprint density at radius 1 is 1.20 bits per heavy atom. The number of hydrogen-bond acceptors (Lipinski definition) is 6. The number of non-ortho nitro benzene ring substituents is 1. The van der Waals surface area contributed by atoms with E-state index in [1.807, 2.05) is 0 Å². The molecular weight excluding hydrogens is 394 g/mol. The minimum absolute atomic E-state index is 0.0442. The van der Waals surface area contributed by atoms with Crippen LogP contribution in [-0.4, -0.2) is 24.9 Å². The highest BCUT2D eigenvalue weighted by Crippen LogP contribution is 2.48. The molecule has 3 rings (SSSR count). The van der Waals surface area contributed by atoms with Crippen LogP contribution >= 0.6 is 15.9 Å². The number of rotatable bonds is 4. The second-order valence-electron chi connectivity index (χ2n) is 5.09.